The van der Waals surface area contributed by atoms with E-state index in [4.69, 9.17) is 4.42 Å². The lowest BCUT2D eigenvalue weighted by Crippen LogP contribution is -2.29. The molecular formula is C23H25N3O2. The summed E-state index contributed by atoms with van der Waals surface area (Å²) in [5.41, 5.74) is 4.08. The second kappa shape index (κ2) is 7.90. The van der Waals surface area contributed by atoms with Gasteiger partial charge in [0.2, 0.25) is 0 Å². The van der Waals surface area contributed by atoms with Gasteiger partial charge in [0.1, 0.15) is 5.76 Å². The van der Waals surface area contributed by atoms with E-state index in [1.165, 1.54) is 11.3 Å². The lowest BCUT2D eigenvalue weighted by molar-refractivity contribution is 0.0997. The average molecular weight is 375 g/mol. The van der Waals surface area contributed by atoms with Gasteiger partial charge in [-0.15, -0.1) is 0 Å². The molecule has 0 aliphatic carbocycles. The minimum atomic E-state index is -0.248. The first-order valence-corrected chi connectivity index (χ1v) is 9.63. The van der Waals surface area contributed by atoms with Gasteiger partial charge in [-0.05, 0) is 56.8 Å². The molecule has 2 heterocycles. The van der Waals surface area contributed by atoms with Crippen molar-refractivity contribution in [3.05, 3.63) is 72.0 Å². The van der Waals surface area contributed by atoms with Crippen LogP contribution in [0.2, 0.25) is 0 Å². The van der Waals surface area contributed by atoms with Crippen LogP contribution in [0.1, 0.15) is 22.5 Å². The first-order chi connectivity index (χ1) is 13.6. The SMILES string of the molecule is CNC1CCN(c2ccc(NC(=O)c3ccc(-c4ccc(C)cc4)o3)cc2)C1. The number of nitrogens with one attached hydrogen (secondary N) is 2. The molecule has 5 nitrogen and oxygen atoms in total. The Morgan fingerprint density at radius 2 is 1.79 bits per heavy atom. The van der Waals surface area contributed by atoms with Gasteiger partial charge >= 0.3 is 0 Å². The number of likely N-dealkylation sites (N-methyl/N-ethyl adjacent to an activating group) is 1. The average Bonchev–Trinajstić information content (AvgIpc) is 3.39. The van der Waals surface area contributed by atoms with E-state index in [-0.39, 0.29) is 5.91 Å². The Labute approximate surface area is 165 Å². The zero-order valence-electron chi connectivity index (χ0n) is 16.2. The predicted molar refractivity (Wildman–Crippen MR) is 113 cm³/mol. The van der Waals surface area contributed by atoms with Crippen molar-refractivity contribution in [2.45, 2.75) is 19.4 Å². The van der Waals surface area contributed by atoms with E-state index in [0.717, 1.165) is 30.8 Å². The van der Waals surface area contributed by atoms with Crippen molar-refractivity contribution in [2.75, 3.05) is 30.4 Å². The molecule has 1 atom stereocenters. The summed E-state index contributed by atoms with van der Waals surface area (Å²) in [6.45, 7) is 4.10. The van der Waals surface area contributed by atoms with Crippen molar-refractivity contribution in [1.29, 1.82) is 0 Å². The number of rotatable bonds is 5. The minimum absolute atomic E-state index is 0.248. The van der Waals surface area contributed by atoms with Gasteiger partial charge in [-0.25, -0.2) is 0 Å². The largest absolute Gasteiger partial charge is 0.451 e. The Morgan fingerprint density at radius 1 is 1.04 bits per heavy atom. The molecule has 0 bridgehead atoms. The van der Waals surface area contributed by atoms with Crippen LogP contribution >= 0.6 is 0 Å². The van der Waals surface area contributed by atoms with Crippen LogP contribution in [0.4, 0.5) is 11.4 Å². The molecular weight excluding hydrogens is 350 g/mol. The predicted octanol–water partition coefficient (Wildman–Crippen LogP) is 4.31. The summed E-state index contributed by atoms with van der Waals surface area (Å²) in [7, 11) is 2.01. The van der Waals surface area contributed by atoms with Crippen LogP contribution in [0.25, 0.3) is 11.3 Å². The smallest absolute Gasteiger partial charge is 0.291 e. The molecule has 1 amide bonds. The maximum atomic E-state index is 12.5. The van der Waals surface area contributed by atoms with E-state index in [1.54, 1.807) is 6.07 Å². The van der Waals surface area contributed by atoms with Gasteiger partial charge < -0.3 is 20.0 Å². The van der Waals surface area contributed by atoms with Gasteiger partial charge in [0.25, 0.3) is 5.91 Å². The van der Waals surface area contributed by atoms with Crippen LogP contribution in [-0.4, -0.2) is 32.1 Å². The Morgan fingerprint density at radius 3 is 2.46 bits per heavy atom. The molecule has 0 spiro atoms. The Kier molecular flexibility index (Phi) is 5.17. The molecule has 1 aromatic heterocycles. The van der Waals surface area contributed by atoms with E-state index in [0.29, 0.717) is 17.6 Å². The number of furan rings is 1. The van der Waals surface area contributed by atoms with Gasteiger partial charge in [0.15, 0.2) is 5.76 Å². The number of nitrogens with zero attached hydrogens (tertiary/aromatic N) is 1. The fraction of sp³-hybridized carbons (Fsp3) is 0.261. The highest BCUT2D eigenvalue weighted by molar-refractivity contribution is 6.02. The van der Waals surface area contributed by atoms with E-state index >= 15 is 0 Å². The van der Waals surface area contributed by atoms with Gasteiger partial charge in [-0.3, -0.25) is 4.79 Å². The Bertz CT molecular complexity index is 945. The first kappa shape index (κ1) is 18.3. The van der Waals surface area contributed by atoms with Crippen LogP contribution in [0, 0.1) is 6.92 Å². The van der Waals surface area contributed by atoms with Crippen LogP contribution in [0.5, 0.6) is 0 Å². The highest BCUT2D eigenvalue weighted by Crippen LogP contribution is 2.25. The maximum absolute atomic E-state index is 12.5. The number of anilines is 2. The van der Waals surface area contributed by atoms with Gasteiger partial charge in [0.05, 0.1) is 0 Å². The molecule has 2 aromatic carbocycles. The highest BCUT2D eigenvalue weighted by atomic mass is 16.3. The second-order valence-electron chi connectivity index (χ2n) is 7.25. The van der Waals surface area contributed by atoms with Crippen molar-refractivity contribution in [3.63, 3.8) is 0 Å². The van der Waals surface area contributed by atoms with E-state index in [1.807, 2.05) is 68.6 Å². The van der Waals surface area contributed by atoms with Crippen molar-refractivity contribution in [1.82, 2.24) is 5.32 Å². The first-order valence-electron chi connectivity index (χ1n) is 9.63. The van der Waals surface area contributed by atoms with E-state index in [2.05, 4.69) is 15.5 Å². The molecule has 3 aromatic rings. The zero-order chi connectivity index (χ0) is 19.5. The molecule has 0 saturated carbocycles. The lowest BCUT2D eigenvalue weighted by Gasteiger charge is -2.19. The summed E-state index contributed by atoms with van der Waals surface area (Å²) in [5, 5.41) is 6.23. The summed E-state index contributed by atoms with van der Waals surface area (Å²) in [5.74, 6) is 0.743. The number of carbonyl (C=O) groups is 1. The highest BCUT2D eigenvalue weighted by Gasteiger charge is 2.21. The second-order valence-corrected chi connectivity index (χ2v) is 7.25. The summed E-state index contributed by atoms with van der Waals surface area (Å²) in [4.78, 5) is 14.9. The maximum Gasteiger partial charge on any atom is 0.291 e. The van der Waals surface area contributed by atoms with Crippen LogP contribution < -0.4 is 15.5 Å². The fourth-order valence-electron chi connectivity index (χ4n) is 3.51. The van der Waals surface area contributed by atoms with E-state index in [9.17, 15) is 4.79 Å². The van der Waals surface area contributed by atoms with Crippen LogP contribution in [-0.2, 0) is 0 Å². The molecule has 28 heavy (non-hydrogen) atoms. The van der Waals surface area contributed by atoms with Crippen molar-refractivity contribution >= 4 is 17.3 Å². The molecule has 1 aliphatic heterocycles. The third-order valence-corrected chi connectivity index (χ3v) is 5.25. The van der Waals surface area contributed by atoms with Gasteiger partial charge in [-0.2, -0.15) is 0 Å². The molecule has 0 radical (unpaired) electrons. The van der Waals surface area contributed by atoms with E-state index < -0.39 is 0 Å². The quantitative estimate of drug-likeness (QED) is 0.698. The van der Waals surface area contributed by atoms with Gasteiger partial charge in [0, 0.05) is 36.1 Å². The third kappa shape index (κ3) is 3.94. The molecule has 1 saturated heterocycles. The molecule has 144 valence electrons. The fourth-order valence-corrected chi connectivity index (χ4v) is 3.51. The van der Waals surface area contributed by atoms with Crippen LogP contribution in [0.15, 0.2) is 65.1 Å². The summed E-state index contributed by atoms with van der Waals surface area (Å²) in [6, 6.07) is 20.1. The van der Waals surface area contributed by atoms with Gasteiger partial charge in [-0.1, -0.05) is 29.8 Å². The number of amides is 1. The van der Waals surface area contributed by atoms with Crippen LogP contribution in [0.3, 0.4) is 0 Å². The number of carbonyl (C=O) groups excluding carboxylic acids is 1. The van der Waals surface area contributed by atoms with Crippen molar-refractivity contribution < 1.29 is 9.21 Å². The summed E-state index contributed by atoms with van der Waals surface area (Å²) in [6.07, 6.45) is 1.15. The zero-order valence-corrected chi connectivity index (χ0v) is 16.2. The molecule has 1 unspecified atom stereocenters. The number of hydrogen-bond acceptors (Lipinski definition) is 4. The molecule has 1 fully saturated rings. The normalized spacial score (nSPS) is 16.4. The summed E-state index contributed by atoms with van der Waals surface area (Å²) >= 11 is 0. The number of benzene rings is 2. The Hall–Kier alpha value is -3.05. The lowest BCUT2D eigenvalue weighted by atomic mass is 10.1. The third-order valence-electron chi connectivity index (χ3n) is 5.25. The number of hydrogen-bond donors (Lipinski definition) is 2. The Balaban J connectivity index is 1.40. The van der Waals surface area contributed by atoms with Crippen molar-refractivity contribution in [3.8, 4) is 11.3 Å². The molecule has 2 N–H and O–H groups in total. The molecule has 5 heteroatoms. The monoisotopic (exact) mass is 375 g/mol. The van der Waals surface area contributed by atoms with Crippen molar-refractivity contribution in [2.24, 2.45) is 0 Å². The number of aryl methyl sites for hydroxylation is 1. The summed E-state index contributed by atoms with van der Waals surface area (Å²) < 4.78 is 5.75. The molecule has 4 rings (SSSR count). The standard InChI is InChI=1S/C23H25N3O2/c1-16-3-5-17(6-4-16)21-11-12-22(28-21)23(27)25-18-7-9-20(10-8-18)26-14-13-19(15-26)24-2/h3-12,19,24H,13-15H2,1-2H3,(H,25,27). The minimum Gasteiger partial charge on any atom is -0.451 e. The topological polar surface area (TPSA) is 57.5 Å². The molecule has 1 aliphatic rings.